The van der Waals surface area contributed by atoms with E-state index < -0.39 is 17.6 Å². The molecule has 1 aliphatic carbocycles. The number of allylic oxidation sites excluding steroid dienone is 4. The first-order valence-electron chi connectivity index (χ1n) is 12.2. The summed E-state index contributed by atoms with van der Waals surface area (Å²) in [6.07, 6.45) is 6.78. The highest BCUT2D eigenvalue weighted by Gasteiger charge is 2.31. The minimum Gasteiger partial charge on any atom is -0.369 e. The molecule has 36 heavy (non-hydrogen) atoms. The third-order valence-electron chi connectivity index (χ3n) is 7.27. The van der Waals surface area contributed by atoms with Gasteiger partial charge >= 0.3 is 0 Å². The highest BCUT2D eigenvalue weighted by Crippen LogP contribution is 2.43. The number of benzene rings is 1. The number of hydrogen-bond donors (Lipinski definition) is 1. The standard InChI is InChI=1S/C28H27F2N5O/c1-17-25(21-4-3-5-24(29)26(21)30)27(36-33-17)23-16-32-28-22(23)14-19(15-31-28)18-6-8-20(9-7-18)35-12-10-34(2)11-13-35/h3,5-9,14-16,21H,4,10-13H2,1-2H3,(H,31,32). The molecular weight excluding hydrogens is 460 g/mol. The molecule has 6 rings (SSSR count). The maximum atomic E-state index is 14.8. The van der Waals surface area contributed by atoms with Crippen LogP contribution in [0.1, 0.15) is 23.6 Å². The van der Waals surface area contributed by atoms with E-state index in [4.69, 9.17) is 4.52 Å². The third-order valence-corrected chi connectivity index (χ3v) is 7.27. The molecule has 1 aromatic carbocycles. The molecule has 4 heterocycles. The van der Waals surface area contributed by atoms with Crippen LogP contribution in [0.4, 0.5) is 14.5 Å². The fourth-order valence-corrected chi connectivity index (χ4v) is 5.16. The largest absolute Gasteiger partial charge is 0.369 e. The van der Waals surface area contributed by atoms with E-state index >= 15 is 0 Å². The third kappa shape index (κ3) is 3.91. The molecule has 8 heteroatoms. The van der Waals surface area contributed by atoms with Gasteiger partial charge in [-0.2, -0.15) is 0 Å². The van der Waals surface area contributed by atoms with Crippen LogP contribution in [0.5, 0.6) is 0 Å². The number of likely N-dealkylation sites (N-methyl/N-ethyl adjacent to an activating group) is 1. The van der Waals surface area contributed by atoms with E-state index in [9.17, 15) is 8.78 Å². The van der Waals surface area contributed by atoms with Crippen molar-refractivity contribution in [2.45, 2.75) is 19.3 Å². The van der Waals surface area contributed by atoms with E-state index in [-0.39, 0.29) is 0 Å². The van der Waals surface area contributed by atoms with E-state index in [1.165, 1.54) is 11.8 Å². The number of pyridine rings is 1. The fourth-order valence-electron chi connectivity index (χ4n) is 5.16. The molecule has 0 radical (unpaired) electrons. The van der Waals surface area contributed by atoms with Gasteiger partial charge in [-0.25, -0.2) is 13.8 Å². The van der Waals surface area contributed by atoms with Gasteiger partial charge in [-0.3, -0.25) is 0 Å². The highest BCUT2D eigenvalue weighted by atomic mass is 19.2. The van der Waals surface area contributed by atoms with E-state index in [1.807, 2.05) is 12.3 Å². The number of aromatic amines is 1. The molecule has 0 spiro atoms. The number of hydrogen-bond acceptors (Lipinski definition) is 5. The molecule has 0 saturated carbocycles. The predicted octanol–water partition coefficient (Wildman–Crippen LogP) is 6.14. The van der Waals surface area contributed by atoms with Crippen molar-refractivity contribution in [2.24, 2.45) is 0 Å². The van der Waals surface area contributed by atoms with Crippen LogP contribution >= 0.6 is 0 Å². The summed E-state index contributed by atoms with van der Waals surface area (Å²) in [6, 6.07) is 10.6. The molecule has 0 amide bonds. The Balaban J connectivity index is 1.35. The predicted molar refractivity (Wildman–Crippen MR) is 137 cm³/mol. The van der Waals surface area contributed by atoms with Crippen molar-refractivity contribution in [3.05, 3.63) is 77.8 Å². The number of nitrogens with zero attached hydrogens (tertiary/aromatic N) is 4. The summed E-state index contributed by atoms with van der Waals surface area (Å²) in [6.45, 7) is 5.92. The van der Waals surface area contributed by atoms with Gasteiger partial charge in [0.15, 0.2) is 11.6 Å². The van der Waals surface area contributed by atoms with Crippen molar-refractivity contribution in [3.8, 4) is 22.5 Å². The Morgan fingerprint density at radius 1 is 1.06 bits per heavy atom. The first-order valence-corrected chi connectivity index (χ1v) is 12.2. The average molecular weight is 488 g/mol. The number of nitrogens with one attached hydrogen (secondary N) is 1. The first-order chi connectivity index (χ1) is 17.5. The molecular formula is C28H27F2N5O. The van der Waals surface area contributed by atoms with Crippen LogP contribution in [0.25, 0.3) is 33.5 Å². The fraction of sp³-hybridized carbons (Fsp3) is 0.286. The Morgan fingerprint density at radius 3 is 2.61 bits per heavy atom. The summed E-state index contributed by atoms with van der Waals surface area (Å²) in [5.74, 6) is -1.96. The topological polar surface area (TPSA) is 61.2 Å². The van der Waals surface area contributed by atoms with Crippen LogP contribution < -0.4 is 4.90 Å². The Hall–Kier alpha value is -3.78. The summed E-state index contributed by atoms with van der Waals surface area (Å²) >= 11 is 0. The lowest BCUT2D eigenvalue weighted by atomic mass is 9.88. The van der Waals surface area contributed by atoms with Gasteiger partial charge in [-0.1, -0.05) is 23.4 Å². The average Bonchev–Trinajstić information content (AvgIpc) is 3.49. The molecule has 4 aromatic rings. The van der Waals surface area contributed by atoms with Crippen LogP contribution in [0.2, 0.25) is 0 Å². The summed E-state index contributed by atoms with van der Waals surface area (Å²) in [5, 5.41) is 4.94. The minimum atomic E-state index is -0.847. The van der Waals surface area contributed by atoms with Crippen LogP contribution in [0.3, 0.4) is 0 Å². The number of halogens is 2. The molecule has 0 bridgehead atoms. The lowest BCUT2D eigenvalue weighted by molar-refractivity contribution is 0.313. The second-order valence-corrected chi connectivity index (χ2v) is 9.56. The van der Waals surface area contributed by atoms with Gasteiger partial charge in [-0.15, -0.1) is 0 Å². The lowest BCUT2D eigenvalue weighted by Crippen LogP contribution is -2.44. The van der Waals surface area contributed by atoms with Gasteiger partial charge in [0.1, 0.15) is 11.5 Å². The number of piperazine rings is 1. The van der Waals surface area contributed by atoms with Gasteiger partial charge in [0.05, 0.1) is 5.69 Å². The smallest absolute Gasteiger partial charge is 0.173 e. The Kier molecular flexibility index (Phi) is 5.68. The number of aromatic nitrogens is 3. The van der Waals surface area contributed by atoms with Gasteiger partial charge in [0.25, 0.3) is 0 Å². The lowest BCUT2D eigenvalue weighted by Gasteiger charge is -2.34. The van der Waals surface area contributed by atoms with E-state index in [2.05, 4.69) is 56.2 Å². The van der Waals surface area contributed by atoms with E-state index in [0.717, 1.165) is 48.3 Å². The molecule has 2 aliphatic rings. The van der Waals surface area contributed by atoms with Crippen molar-refractivity contribution < 1.29 is 13.3 Å². The second kappa shape index (κ2) is 9.02. The number of fused-ring (bicyclic) bond motifs is 1. The molecule has 3 aromatic heterocycles. The summed E-state index contributed by atoms with van der Waals surface area (Å²) in [5.41, 5.74) is 5.76. The zero-order valence-electron chi connectivity index (χ0n) is 20.3. The second-order valence-electron chi connectivity index (χ2n) is 9.56. The molecule has 1 aliphatic heterocycles. The van der Waals surface area contributed by atoms with Gasteiger partial charge < -0.3 is 19.3 Å². The SMILES string of the molecule is Cc1noc(-c2c[nH]c3ncc(-c4ccc(N5CCN(C)CC5)cc4)cc23)c1C1CC=CC(F)=C1F. The maximum absolute atomic E-state index is 14.8. The van der Waals surface area contributed by atoms with Crippen molar-refractivity contribution in [2.75, 3.05) is 38.1 Å². The van der Waals surface area contributed by atoms with Crippen molar-refractivity contribution in [3.63, 3.8) is 0 Å². The van der Waals surface area contributed by atoms with Gasteiger partial charge in [0, 0.05) is 72.3 Å². The zero-order chi connectivity index (χ0) is 24.8. The zero-order valence-corrected chi connectivity index (χ0v) is 20.3. The minimum absolute atomic E-state index is 0.347. The number of H-pyrrole nitrogens is 1. The number of anilines is 1. The molecule has 1 atom stereocenters. The molecule has 6 nitrogen and oxygen atoms in total. The molecule has 1 N–H and O–H groups in total. The maximum Gasteiger partial charge on any atom is 0.173 e. The monoisotopic (exact) mass is 487 g/mol. The van der Waals surface area contributed by atoms with Gasteiger partial charge in [0.2, 0.25) is 0 Å². The van der Waals surface area contributed by atoms with E-state index in [1.54, 1.807) is 19.2 Å². The highest BCUT2D eigenvalue weighted by molar-refractivity contribution is 5.95. The molecule has 1 fully saturated rings. The summed E-state index contributed by atoms with van der Waals surface area (Å²) in [7, 11) is 2.15. The van der Waals surface area contributed by atoms with Gasteiger partial charge in [-0.05, 0) is 50.2 Å². The van der Waals surface area contributed by atoms with E-state index in [0.29, 0.717) is 29.1 Å². The van der Waals surface area contributed by atoms with Crippen LogP contribution in [-0.4, -0.2) is 53.3 Å². The van der Waals surface area contributed by atoms with Crippen molar-refractivity contribution in [1.82, 2.24) is 20.0 Å². The number of aryl methyl sites for hydroxylation is 1. The van der Waals surface area contributed by atoms with Crippen LogP contribution in [0.15, 0.2) is 71.1 Å². The molecule has 1 unspecified atom stereocenters. The Labute approximate surface area is 207 Å². The Morgan fingerprint density at radius 2 is 1.83 bits per heavy atom. The first kappa shape index (κ1) is 22.7. The van der Waals surface area contributed by atoms with Crippen molar-refractivity contribution >= 4 is 16.7 Å². The summed E-state index contributed by atoms with van der Waals surface area (Å²) in [4.78, 5) is 12.5. The van der Waals surface area contributed by atoms with Crippen LogP contribution in [0, 0.1) is 6.92 Å². The Bertz CT molecular complexity index is 1480. The molecule has 184 valence electrons. The number of rotatable bonds is 4. The summed E-state index contributed by atoms with van der Waals surface area (Å²) < 4.78 is 34.5. The normalized spacial score (nSPS) is 19.0. The van der Waals surface area contributed by atoms with Crippen LogP contribution in [-0.2, 0) is 0 Å². The quantitative estimate of drug-likeness (QED) is 0.375. The molecule has 1 saturated heterocycles. The van der Waals surface area contributed by atoms with Crippen molar-refractivity contribution in [1.29, 1.82) is 0 Å².